The molecule has 2 N–H and O–H groups in total. The number of nitriles is 1. The van der Waals surface area contributed by atoms with Crippen LogP contribution in [0.25, 0.3) is 0 Å². The zero-order valence-corrected chi connectivity index (χ0v) is 7.92. The number of hydrogen-bond donors (Lipinski definition) is 1. The minimum atomic E-state index is 0.479. The van der Waals surface area contributed by atoms with Gasteiger partial charge in [-0.05, 0) is 17.4 Å². The molecule has 0 spiro atoms. The molecule has 0 aromatic carbocycles. The Bertz CT molecular complexity index is 348. The van der Waals surface area contributed by atoms with Crippen LogP contribution in [0.3, 0.4) is 0 Å². The summed E-state index contributed by atoms with van der Waals surface area (Å²) in [5.74, 6) is 3.54. The molecule has 1 aromatic heterocycles. The zero-order valence-electron chi connectivity index (χ0n) is 7.10. The summed E-state index contributed by atoms with van der Waals surface area (Å²) in [4.78, 5) is 0. The molecule has 0 amide bonds. The van der Waals surface area contributed by atoms with Crippen molar-refractivity contribution in [3.8, 4) is 6.07 Å². The van der Waals surface area contributed by atoms with E-state index in [-0.39, 0.29) is 0 Å². The molecule has 4 nitrogen and oxygen atoms in total. The van der Waals surface area contributed by atoms with E-state index in [4.69, 9.17) is 11.0 Å². The van der Waals surface area contributed by atoms with Crippen LogP contribution in [0.1, 0.15) is 5.56 Å². The number of anilines is 1. The average molecular weight is 194 g/mol. The van der Waals surface area contributed by atoms with Crippen LogP contribution in [0, 0.1) is 17.2 Å². The molecule has 1 aliphatic heterocycles. The summed E-state index contributed by atoms with van der Waals surface area (Å²) >= 11 is 1.94. The van der Waals surface area contributed by atoms with Gasteiger partial charge in [0.15, 0.2) is 0 Å². The van der Waals surface area contributed by atoms with Gasteiger partial charge < -0.3 is 5.73 Å². The van der Waals surface area contributed by atoms with Gasteiger partial charge in [0.1, 0.15) is 17.5 Å². The van der Waals surface area contributed by atoms with Crippen LogP contribution >= 0.6 is 11.8 Å². The van der Waals surface area contributed by atoms with Gasteiger partial charge in [-0.25, -0.2) is 4.68 Å². The van der Waals surface area contributed by atoms with Crippen molar-refractivity contribution in [2.24, 2.45) is 5.92 Å². The van der Waals surface area contributed by atoms with E-state index in [1.165, 1.54) is 17.7 Å². The van der Waals surface area contributed by atoms with Crippen LogP contribution in [0.2, 0.25) is 0 Å². The summed E-state index contributed by atoms with van der Waals surface area (Å²) in [6.45, 7) is 0.848. The van der Waals surface area contributed by atoms with Crippen molar-refractivity contribution in [1.29, 1.82) is 5.26 Å². The zero-order chi connectivity index (χ0) is 9.26. The molecule has 1 aromatic rings. The molecular formula is C8H10N4S. The summed E-state index contributed by atoms with van der Waals surface area (Å²) in [6, 6.07) is 2.01. The molecule has 68 valence electrons. The number of thioether (sulfide) groups is 1. The van der Waals surface area contributed by atoms with Crippen LogP contribution in [0.4, 0.5) is 5.82 Å². The largest absolute Gasteiger partial charge is 0.383 e. The Labute approximate surface area is 80.7 Å². The fourth-order valence-electron chi connectivity index (χ4n) is 1.26. The van der Waals surface area contributed by atoms with E-state index >= 15 is 0 Å². The van der Waals surface area contributed by atoms with Gasteiger partial charge >= 0.3 is 0 Å². The van der Waals surface area contributed by atoms with Crippen molar-refractivity contribution in [2.45, 2.75) is 6.54 Å². The quantitative estimate of drug-likeness (QED) is 0.752. The fraction of sp³-hybridized carbons (Fsp3) is 0.500. The standard InChI is InChI=1S/C8H10N4S/c9-1-7-2-11-12(8(7)10)3-6-4-13-5-6/h2,6H,3-5,10H2. The van der Waals surface area contributed by atoms with Crippen LogP contribution < -0.4 is 5.73 Å². The van der Waals surface area contributed by atoms with E-state index in [0.717, 1.165) is 6.54 Å². The minimum absolute atomic E-state index is 0.479. The lowest BCUT2D eigenvalue weighted by atomic mass is 10.2. The fourth-order valence-corrected chi connectivity index (χ4v) is 2.04. The SMILES string of the molecule is N#Cc1cnn(CC2CSC2)c1N. The Balaban J connectivity index is 2.11. The molecular weight excluding hydrogens is 184 g/mol. The van der Waals surface area contributed by atoms with Crippen LogP contribution in [-0.2, 0) is 6.54 Å². The highest BCUT2D eigenvalue weighted by Gasteiger charge is 2.20. The van der Waals surface area contributed by atoms with Crippen molar-refractivity contribution < 1.29 is 0 Å². The van der Waals surface area contributed by atoms with Gasteiger partial charge in [0.25, 0.3) is 0 Å². The molecule has 0 bridgehead atoms. The van der Waals surface area contributed by atoms with Crippen molar-refractivity contribution in [3.05, 3.63) is 11.8 Å². The van der Waals surface area contributed by atoms with Crippen LogP contribution in [-0.4, -0.2) is 21.3 Å². The summed E-state index contributed by atoms with van der Waals surface area (Å²) in [7, 11) is 0. The van der Waals surface area contributed by atoms with Gasteiger partial charge in [0, 0.05) is 6.54 Å². The molecule has 1 saturated heterocycles. The van der Waals surface area contributed by atoms with Crippen molar-refractivity contribution >= 4 is 17.6 Å². The van der Waals surface area contributed by atoms with E-state index in [1.54, 1.807) is 4.68 Å². The van der Waals surface area contributed by atoms with Crippen molar-refractivity contribution in [3.63, 3.8) is 0 Å². The molecule has 0 unspecified atom stereocenters. The molecule has 2 heterocycles. The predicted octanol–water partition coefficient (Wildman–Crippen LogP) is 0.700. The maximum atomic E-state index is 8.65. The topological polar surface area (TPSA) is 67.6 Å². The first-order chi connectivity index (χ1) is 6.31. The number of nitrogen functional groups attached to an aromatic ring is 1. The van der Waals surface area contributed by atoms with E-state index in [9.17, 15) is 0 Å². The Morgan fingerprint density at radius 3 is 3.00 bits per heavy atom. The second-order valence-electron chi connectivity index (χ2n) is 3.14. The Kier molecular flexibility index (Phi) is 2.15. The van der Waals surface area contributed by atoms with Crippen LogP contribution in [0.5, 0.6) is 0 Å². The lowest BCUT2D eigenvalue weighted by Crippen LogP contribution is -2.24. The molecule has 0 saturated carbocycles. The highest BCUT2D eigenvalue weighted by atomic mass is 32.2. The van der Waals surface area contributed by atoms with Crippen LogP contribution in [0.15, 0.2) is 6.20 Å². The number of nitrogens with two attached hydrogens (primary N) is 1. The predicted molar refractivity (Wildman–Crippen MR) is 52.2 cm³/mol. The van der Waals surface area contributed by atoms with E-state index in [2.05, 4.69) is 5.10 Å². The normalized spacial score (nSPS) is 16.5. The second-order valence-corrected chi connectivity index (χ2v) is 4.22. The lowest BCUT2D eigenvalue weighted by Gasteiger charge is -2.24. The Morgan fingerprint density at radius 2 is 2.54 bits per heavy atom. The van der Waals surface area contributed by atoms with Gasteiger partial charge in [-0.1, -0.05) is 0 Å². The molecule has 0 radical (unpaired) electrons. The first-order valence-electron chi connectivity index (χ1n) is 4.10. The second kappa shape index (κ2) is 3.30. The summed E-state index contributed by atoms with van der Waals surface area (Å²) in [5, 5.41) is 12.7. The highest BCUT2D eigenvalue weighted by molar-refractivity contribution is 8.00. The third-order valence-corrected chi connectivity index (χ3v) is 3.55. The summed E-state index contributed by atoms with van der Waals surface area (Å²) < 4.78 is 1.73. The summed E-state index contributed by atoms with van der Waals surface area (Å²) in [6.07, 6.45) is 1.53. The first kappa shape index (κ1) is 8.45. The third-order valence-electron chi connectivity index (χ3n) is 2.14. The Hall–Kier alpha value is -1.15. The van der Waals surface area contributed by atoms with E-state index in [1.807, 2.05) is 17.8 Å². The molecule has 0 aliphatic carbocycles. The van der Waals surface area contributed by atoms with Crippen molar-refractivity contribution in [1.82, 2.24) is 9.78 Å². The maximum absolute atomic E-state index is 8.65. The van der Waals surface area contributed by atoms with Gasteiger partial charge in [-0.3, -0.25) is 0 Å². The highest BCUT2D eigenvalue weighted by Crippen LogP contribution is 2.26. The minimum Gasteiger partial charge on any atom is -0.383 e. The molecule has 1 fully saturated rings. The molecule has 5 heteroatoms. The average Bonchev–Trinajstić information content (AvgIpc) is 2.40. The maximum Gasteiger partial charge on any atom is 0.139 e. The first-order valence-corrected chi connectivity index (χ1v) is 5.26. The molecule has 1 aliphatic rings. The van der Waals surface area contributed by atoms with Gasteiger partial charge in [0.2, 0.25) is 0 Å². The van der Waals surface area contributed by atoms with Gasteiger partial charge in [-0.2, -0.15) is 22.1 Å². The number of rotatable bonds is 2. The lowest BCUT2D eigenvalue weighted by molar-refractivity contribution is 0.484. The molecule has 13 heavy (non-hydrogen) atoms. The molecule has 2 rings (SSSR count). The van der Waals surface area contributed by atoms with Crippen molar-refractivity contribution in [2.75, 3.05) is 17.2 Å². The Morgan fingerprint density at radius 1 is 1.77 bits per heavy atom. The van der Waals surface area contributed by atoms with Gasteiger partial charge in [-0.15, -0.1) is 0 Å². The number of nitrogens with zero attached hydrogens (tertiary/aromatic N) is 3. The van der Waals surface area contributed by atoms with E-state index in [0.29, 0.717) is 17.3 Å². The molecule has 0 atom stereocenters. The van der Waals surface area contributed by atoms with Gasteiger partial charge in [0.05, 0.1) is 6.20 Å². The number of hydrogen-bond acceptors (Lipinski definition) is 4. The third kappa shape index (κ3) is 1.49. The number of aromatic nitrogens is 2. The smallest absolute Gasteiger partial charge is 0.139 e. The monoisotopic (exact) mass is 194 g/mol. The summed E-state index contributed by atoms with van der Waals surface area (Å²) in [5.41, 5.74) is 6.19. The van der Waals surface area contributed by atoms with E-state index < -0.39 is 0 Å².